The van der Waals surface area contributed by atoms with Crippen LogP contribution in [0, 0.1) is 0 Å². The van der Waals surface area contributed by atoms with Crippen molar-refractivity contribution in [3.8, 4) is 11.5 Å². The molecular formula is C22H22N2O3. The summed E-state index contributed by atoms with van der Waals surface area (Å²) in [5.74, 6) is 1.29. The van der Waals surface area contributed by atoms with E-state index in [4.69, 9.17) is 9.47 Å². The van der Waals surface area contributed by atoms with Crippen molar-refractivity contribution < 1.29 is 14.3 Å². The number of rotatable bonds is 7. The summed E-state index contributed by atoms with van der Waals surface area (Å²) in [6.07, 6.45) is 0. The average Bonchev–Trinajstić information content (AvgIpc) is 2.73. The zero-order valence-electron chi connectivity index (χ0n) is 15.3. The number of carbonyl (C=O) groups excluding carboxylic acids is 1. The molecule has 5 nitrogen and oxygen atoms in total. The number of hydrogen-bond donors (Lipinski definition) is 2. The molecule has 0 saturated carbocycles. The zero-order valence-corrected chi connectivity index (χ0v) is 15.3. The number of ether oxygens (including phenoxy) is 2. The molecule has 1 amide bonds. The highest BCUT2D eigenvalue weighted by Crippen LogP contribution is 2.24. The summed E-state index contributed by atoms with van der Waals surface area (Å²) in [5.41, 5.74) is 2.37. The number of amides is 1. The first kappa shape index (κ1) is 18.3. The van der Waals surface area contributed by atoms with Gasteiger partial charge < -0.3 is 20.1 Å². The van der Waals surface area contributed by atoms with Crippen molar-refractivity contribution in [1.29, 1.82) is 0 Å². The largest absolute Gasteiger partial charge is 0.497 e. The number of anilines is 2. The average molecular weight is 362 g/mol. The van der Waals surface area contributed by atoms with Crippen molar-refractivity contribution in [2.24, 2.45) is 0 Å². The summed E-state index contributed by atoms with van der Waals surface area (Å²) >= 11 is 0. The third kappa shape index (κ3) is 4.79. The second-order valence-electron chi connectivity index (χ2n) is 5.94. The molecule has 3 rings (SSSR count). The van der Waals surface area contributed by atoms with Crippen LogP contribution in [0.1, 0.15) is 11.6 Å². The Morgan fingerprint density at radius 3 is 2.15 bits per heavy atom. The summed E-state index contributed by atoms with van der Waals surface area (Å²) in [6.45, 7) is 0. The Bertz CT molecular complexity index is 880. The van der Waals surface area contributed by atoms with Crippen LogP contribution in [-0.4, -0.2) is 20.1 Å². The van der Waals surface area contributed by atoms with Crippen molar-refractivity contribution in [3.63, 3.8) is 0 Å². The lowest BCUT2D eigenvalue weighted by Crippen LogP contribution is -2.27. The van der Waals surface area contributed by atoms with Crippen LogP contribution in [0.25, 0.3) is 0 Å². The van der Waals surface area contributed by atoms with Gasteiger partial charge in [0.15, 0.2) is 0 Å². The van der Waals surface area contributed by atoms with Gasteiger partial charge in [-0.2, -0.15) is 0 Å². The van der Waals surface area contributed by atoms with Crippen molar-refractivity contribution >= 4 is 17.3 Å². The first-order valence-electron chi connectivity index (χ1n) is 8.60. The zero-order chi connectivity index (χ0) is 19.1. The molecule has 0 bridgehead atoms. The van der Waals surface area contributed by atoms with Crippen LogP contribution in [0.4, 0.5) is 11.4 Å². The van der Waals surface area contributed by atoms with Gasteiger partial charge in [0.2, 0.25) is 0 Å². The van der Waals surface area contributed by atoms with Gasteiger partial charge in [-0.25, -0.2) is 0 Å². The fraction of sp³-hybridized carbons (Fsp3) is 0.136. The second kappa shape index (κ2) is 8.76. The van der Waals surface area contributed by atoms with Crippen LogP contribution < -0.4 is 20.1 Å². The van der Waals surface area contributed by atoms with E-state index in [-0.39, 0.29) is 5.91 Å². The van der Waals surface area contributed by atoms with Crippen LogP contribution >= 0.6 is 0 Å². The van der Waals surface area contributed by atoms with Crippen LogP contribution in [-0.2, 0) is 4.79 Å². The first-order chi connectivity index (χ1) is 13.2. The predicted octanol–water partition coefficient (Wildman–Crippen LogP) is 4.50. The maximum atomic E-state index is 13.0. The summed E-state index contributed by atoms with van der Waals surface area (Å²) in [7, 11) is 3.22. The Balaban J connectivity index is 1.83. The highest BCUT2D eigenvalue weighted by molar-refractivity contribution is 5.97. The molecule has 0 radical (unpaired) electrons. The second-order valence-corrected chi connectivity index (χ2v) is 5.94. The lowest BCUT2D eigenvalue weighted by Gasteiger charge is -2.20. The predicted molar refractivity (Wildman–Crippen MR) is 107 cm³/mol. The van der Waals surface area contributed by atoms with Gasteiger partial charge in [-0.05, 0) is 42.0 Å². The van der Waals surface area contributed by atoms with Gasteiger partial charge in [-0.1, -0.05) is 36.4 Å². The van der Waals surface area contributed by atoms with E-state index in [1.54, 1.807) is 20.3 Å². The van der Waals surface area contributed by atoms with Crippen molar-refractivity contribution in [2.45, 2.75) is 6.04 Å². The van der Waals surface area contributed by atoms with E-state index < -0.39 is 6.04 Å². The van der Waals surface area contributed by atoms with Gasteiger partial charge in [0.05, 0.1) is 14.2 Å². The van der Waals surface area contributed by atoms with Gasteiger partial charge in [-0.15, -0.1) is 0 Å². The van der Waals surface area contributed by atoms with Gasteiger partial charge in [-0.3, -0.25) is 4.79 Å². The molecule has 0 aliphatic heterocycles. The molecule has 1 atom stereocenters. The molecule has 2 N–H and O–H groups in total. The van der Waals surface area contributed by atoms with E-state index in [9.17, 15) is 4.79 Å². The molecule has 0 saturated heterocycles. The number of benzene rings is 3. The smallest absolute Gasteiger partial charge is 0.251 e. The van der Waals surface area contributed by atoms with Gasteiger partial charge in [0, 0.05) is 17.4 Å². The number of methoxy groups -OCH3 is 2. The molecule has 3 aromatic rings. The van der Waals surface area contributed by atoms with Gasteiger partial charge >= 0.3 is 0 Å². The minimum atomic E-state index is -0.550. The molecule has 0 aliphatic carbocycles. The minimum Gasteiger partial charge on any atom is -0.497 e. The standard InChI is InChI=1S/C22H22N2O3/c1-26-19-13-11-17(12-14-19)23-21(16-7-4-3-5-8-16)22(25)24-18-9-6-10-20(15-18)27-2/h3-15,21,23H,1-2H3,(H,24,25)/t21-/m0/s1. The monoisotopic (exact) mass is 362 g/mol. The van der Waals surface area contributed by atoms with E-state index in [1.165, 1.54) is 0 Å². The van der Waals surface area contributed by atoms with E-state index >= 15 is 0 Å². The van der Waals surface area contributed by atoms with Gasteiger partial charge in [0.1, 0.15) is 17.5 Å². The normalized spacial score (nSPS) is 11.3. The molecule has 0 unspecified atom stereocenters. The van der Waals surface area contributed by atoms with Crippen LogP contribution in [0.5, 0.6) is 11.5 Å². The Morgan fingerprint density at radius 1 is 0.778 bits per heavy atom. The summed E-state index contributed by atoms with van der Waals surface area (Å²) in [6, 6.07) is 23.8. The van der Waals surface area contributed by atoms with Gasteiger partial charge in [0.25, 0.3) is 5.91 Å². The molecule has 3 aromatic carbocycles. The summed E-state index contributed by atoms with van der Waals surface area (Å²) in [4.78, 5) is 13.0. The number of carbonyl (C=O) groups is 1. The molecule has 0 fully saturated rings. The fourth-order valence-electron chi connectivity index (χ4n) is 2.71. The van der Waals surface area contributed by atoms with Crippen molar-refractivity contribution in [3.05, 3.63) is 84.4 Å². The van der Waals surface area contributed by atoms with E-state index in [0.717, 1.165) is 17.0 Å². The third-order valence-corrected chi connectivity index (χ3v) is 4.13. The maximum Gasteiger partial charge on any atom is 0.251 e. The highest BCUT2D eigenvalue weighted by atomic mass is 16.5. The molecular weight excluding hydrogens is 340 g/mol. The molecule has 0 aromatic heterocycles. The Morgan fingerprint density at radius 2 is 1.48 bits per heavy atom. The van der Waals surface area contributed by atoms with Crippen LogP contribution in [0.15, 0.2) is 78.9 Å². The van der Waals surface area contributed by atoms with E-state index in [0.29, 0.717) is 11.4 Å². The van der Waals surface area contributed by atoms with Crippen molar-refractivity contribution in [2.75, 3.05) is 24.9 Å². The lowest BCUT2D eigenvalue weighted by molar-refractivity contribution is -0.117. The fourth-order valence-corrected chi connectivity index (χ4v) is 2.71. The Kier molecular flexibility index (Phi) is 5.94. The Hall–Kier alpha value is -3.47. The van der Waals surface area contributed by atoms with E-state index in [2.05, 4.69) is 10.6 Å². The summed E-state index contributed by atoms with van der Waals surface area (Å²) in [5, 5.41) is 6.25. The molecule has 138 valence electrons. The molecule has 0 heterocycles. The molecule has 0 aliphatic rings. The lowest BCUT2D eigenvalue weighted by atomic mass is 10.1. The first-order valence-corrected chi connectivity index (χ1v) is 8.60. The molecule has 5 heteroatoms. The minimum absolute atomic E-state index is 0.162. The SMILES string of the molecule is COc1ccc(N[C@H](C(=O)Nc2cccc(OC)c2)c2ccccc2)cc1. The maximum absolute atomic E-state index is 13.0. The van der Waals surface area contributed by atoms with Crippen molar-refractivity contribution in [1.82, 2.24) is 0 Å². The summed E-state index contributed by atoms with van der Waals surface area (Å²) < 4.78 is 10.4. The third-order valence-electron chi connectivity index (χ3n) is 4.13. The molecule has 27 heavy (non-hydrogen) atoms. The Labute approximate surface area is 158 Å². The number of nitrogens with one attached hydrogen (secondary N) is 2. The highest BCUT2D eigenvalue weighted by Gasteiger charge is 2.20. The topological polar surface area (TPSA) is 59.6 Å². The molecule has 0 spiro atoms. The van der Waals surface area contributed by atoms with Crippen LogP contribution in [0.3, 0.4) is 0 Å². The van der Waals surface area contributed by atoms with E-state index in [1.807, 2.05) is 72.8 Å². The quantitative estimate of drug-likeness (QED) is 0.650. The van der Waals surface area contributed by atoms with Crippen LogP contribution in [0.2, 0.25) is 0 Å². The number of hydrogen-bond acceptors (Lipinski definition) is 4.